The van der Waals surface area contributed by atoms with Crippen molar-refractivity contribution in [1.82, 2.24) is 25.6 Å². The van der Waals surface area contributed by atoms with Gasteiger partial charge in [0.25, 0.3) is 0 Å². The second-order valence-electron chi connectivity index (χ2n) is 5.52. The zero-order chi connectivity index (χ0) is 17.3. The molecule has 25 heavy (non-hydrogen) atoms. The molecule has 3 heterocycles. The van der Waals surface area contributed by atoms with Gasteiger partial charge in [0.1, 0.15) is 6.04 Å². The lowest BCUT2D eigenvalue weighted by atomic mass is 10.1. The summed E-state index contributed by atoms with van der Waals surface area (Å²) < 4.78 is 0. The molecule has 3 rings (SSSR count). The van der Waals surface area contributed by atoms with E-state index in [9.17, 15) is 4.79 Å². The van der Waals surface area contributed by atoms with Crippen LogP contribution in [0.3, 0.4) is 0 Å². The van der Waals surface area contributed by atoms with E-state index in [-0.39, 0.29) is 5.91 Å². The number of nitrogens with zero attached hydrogens (tertiary/aromatic N) is 3. The minimum Gasteiger partial charge on any atom is -0.350 e. The predicted molar refractivity (Wildman–Crippen MR) is 94.1 cm³/mol. The number of nitrogens with one attached hydrogen (secondary N) is 2. The van der Waals surface area contributed by atoms with Gasteiger partial charge in [-0.2, -0.15) is 0 Å². The van der Waals surface area contributed by atoms with Gasteiger partial charge >= 0.3 is 0 Å². The van der Waals surface area contributed by atoms with Crippen LogP contribution in [-0.4, -0.2) is 20.9 Å². The number of amides is 1. The van der Waals surface area contributed by atoms with Crippen molar-refractivity contribution in [2.45, 2.75) is 19.1 Å². The van der Waals surface area contributed by atoms with Gasteiger partial charge in [0.15, 0.2) is 0 Å². The molecule has 0 aliphatic rings. The van der Waals surface area contributed by atoms with Crippen LogP contribution in [0.4, 0.5) is 0 Å². The predicted octanol–water partition coefficient (Wildman–Crippen LogP) is 2.02. The van der Waals surface area contributed by atoms with E-state index >= 15 is 0 Å². The van der Waals surface area contributed by atoms with Crippen LogP contribution in [0.15, 0.2) is 73.6 Å². The molecule has 0 radical (unpaired) electrons. The van der Waals surface area contributed by atoms with Gasteiger partial charge in [0.05, 0.1) is 0 Å². The Morgan fingerprint density at radius 3 is 1.80 bits per heavy atom. The van der Waals surface area contributed by atoms with E-state index in [1.54, 1.807) is 37.2 Å². The molecule has 0 aromatic carbocycles. The number of hydrogen-bond donors (Lipinski definition) is 2. The van der Waals surface area contributed by atoms with Crippen LogP contribution in [0.5, 0.6) is 0 Å². The van der Waals surface area contributed by atoms with Gasteiger partial charge in [-0.05, 0) is 53.1 Å². The van der Waals surface area contributed by atoms with E-state index in [1.165, 1.54) is 0 Å². The van der Waals surface area contributed by atoms with Crippen molar-refractivity contribution >= 4 is 5.91 Å². The first-order valence-corrected chi connectivity index (χ1v) is 8.02. The Balaban J connectivity index is 1.68. The van der Waals surface area contributed by atoms with Crippen molar-refractivity contribution in [3.8, 4) is 0 Å². The minimum atomic E-state index is -0.460. The van der Waals surface area contributed by atoms with Gasteiger partial charge in [-0.1, -0.05) is 0 Å². The highest BCUT2D eigenvalue weighted by Gasteiger charge is 2.19. The van der Waals surface area contributed by atoms with E-state index in [4.69, 9.17) is 0 Å². The zero-order valence-corrected chi connectivity index (χ0v) is 13.7. The second kappa shape index (κ2) is 8.65. The fourth-order valence-electron chi connectivity index (χ4n) is 2.43. The fraction of sp³-hybridized carbons (Fsp3) is 0.158. The molecule has 0 fully saturated rings. The highest BCUT2D eigenvalue weighted by molar-refractivity contribution is 5.83. The average Bonchev–Trinajstić information content (AvgIpc) is 2.69. The topological polar surface area (TPSA) is 79.8 Å². The largest absolute Gasteiger partial charge is 0.350 e. The molecule has 6 nitrogen and oxygen atoms in total. The SMILES string of the molecule is O=C(NCc1ccncc1)C(NCc1ccncc1)c1ccncc1. The Hall–Kier alpha value is -3.12. The number of rotatable bonds is 7. The highest BCUT2D eigenvalue weighted by Crippen LogP contribution is 2.13. The summed E-state index contributed by atoms with van der Waals surface area (Å²) in [5.74, 6) is -0.0860. The van der Waals surface area contributed by atoms with Crippen LogP contribution in [0.25, 0.3) is 0 Å². The van der Waals surface area contributed by atoms with Crippen LogP contribution in [0.2, 0.25) is 0 Å². The highest BCUT2D eigenvalue weighted by atomic mass is 16.2. The van der Waals surface area contributed by atoms with Crippen molar-refractivity contribution in [3.63, 3.8) is 0 Å². The molecule has 0 bridgehead atoms. The first-order chi connectivity index (χ1) is 12.3. The van der Waals surface area contributed by atoms with Crippen molar-refractivity contribution in [1.29, 1.82) is 0 Å². The Bertz CT molecular complexity index is 781. The molecule has 0 saturated heterocycles. The maximum atomic E-state index is 12.7. The van der Waals surface area contributed by atoms with Gasteiger partial charge in [-0.25, -0.2) is 0 Å². The van der Waals surface area contributed by atoms with E-state index in [2.05, 4.69) is 25.6 Å². The van der Waals surface area contributed by atoms with Gasteiger partial charge in [0, 0.05) is 50.3 Å². The van der Waals surface area contributed by atoms with Gasteiger partial charge < -0.3 is 5.32 Å². The standard InChI is InChI=1S/C19H19N5O/c25-19(24-14-16-3-9-21-10-4-16)18(17-5-11-22-12-6-17)23-13-15-1-7-20-8-2-15/h1-12,18,23H,13-14H2,(H,24,25). The summed E-state index contributed by atoms with van der Waals surface area (Å²) in [5.41, 5.74) is 2.94. The fourth-order valence-corrected chi connectivity index (χ4v) is 2.43. The molecule has 6 heteroatoms. The number of aromatic nitrogens is 3. The smallest absolute Gasteiger partial charge is 0.242 e. The van der Waals surface area contributed by atoms with Crippen LogP contribution in [0, 0.1) is 0 Å². The molecule has 0 aliphatic carbocycles. The molecule has 3 aromatic heterocycles. The van der Waals surface area contributed by atoms with Gasteiger partial charge in [-0.15, -0.1) is 0 Å². The number of carbonyl (C=O) groups excluding carboxylic acids is 1. The molecule has 0 spiro atoms. The summed E-state index contributed by atoms with van der Waals surface area (Å²) >= 11 is 0. The summed E-state index contributed by atoms with van der Waals surface area (Å²) in [4.78, 5) is 24.7. The van der Waals surface area contributed by atoms with Crippen LogP contribution >= 0.6 is 0 Å². The summed E-state index contributed by atoms with van der Waals surface area (Å²) in [5, 5.41) is 6.28. The van der Waals surface area contributed by atoms with Gasteiger partial charge in [0.2, 0.25) is 5.91 Å². The van der Waals surface area contributed by atoms with Crippen molar-refractivity contribution in [2.75, 3.05) is 0 Å². The van der Waals surface area contributed by atoms with Crippen molar-refractivity contribution < 1.29 is 4.79 Å². The molecular formula is C19H19N5O. The molecule has 3 aromatic rings. The normalized spacial score (nSPS) is 11.7. The maximum Gasteiger partial charge on any atom is 0.242 e. The number of carbonyl (C=O) groups is 1. The molecular weight excluding hydrogens is 314 g/mol. The molecule has 0 aliphatic heterocycles. The summed E-state index contributed by atoms with van der Waals surface area (Å²) in [6, 6.07) is 10.8. The van der Waals surface area contributed by atoms with E-state index in [1.807, 2.05) is 36.4 Å². The summed E-state index contributed by atoms with van der Waals surface area (Å²) in [6.45, 7) is 1.03. The molecule has 126 valence electrons. The third kappa shape index (κ3) is 4.92. The lowest BCUT2D eigenvalue weighted by molar-refractivity contribution is -0.123. The third-order valence-electron chi connectivity index (χ3n) is 3.78. The molecule has 0 saturated carbocycles. The van der Waals surface area contributed by atoms with E-state index in [0.717, 1.165) is 16.7 Å². The average molecular weight is 333 g/mol. The Kier molecular flexibility index (Phi) is 5.79. The minimum absolute atomic E-state index is 0.0860. The second-order valence-corrected chi connectivity index (χ2v) is 5.52. The van der Waals surface area contributed by atoms with Crippen LogP contribution < -0.4 is 10.6 Å². The van der Waals surface area contributed by atoms with Crippen molar-refractivity contribution in [3.05, 3.63) is 90.3 Å². The summed E-state index contributed by atoms with van der Waals surface area (Å²) in [7, 11) is 0. The molecule has 1 unspecified atom stereocenters. The first-order valence-electron chi connectivity index (χ1n) is 8.02. The van der Waals surface area contributed by atoms with Gasteiger partial charge in [-0.3, -0.25) is 25.1 Å². The monoisotopic (exact) mass is 333 g/mol. The first kappa shape index (κ1) is 16.7. The Labute approximate surface area is 146 Å². The van der Waals surface area contributed by atoms with E-state index in [0.29, 0.717) is 13.1 Å². The molecule has 2 N–H and O–H groups in total. The number of pyridine rings is 3. The lowest BCUT2D eigenvalue weighted by Gasteiger charge is -2.19. The Morgan fingerprint density at radius 2 is 1.24 bits per heavy atom. The summed E-state index contributed by atoms with van der Waals surface area (Å²) in [6.07, 6.45) is 10.3. The van der Waals surface area contributed by atoms with Crippen LogP contribution in [0.1, 0.15) is 22.7 Å². The Morgan fingerprint density at radius 1 is 0.760 bits per heavy atom. The lowest BCUT2D eigenvalue weighted by Crippen LogP contribution is -2.37. The molecule has 1 amide bonds. The zero-order valence-electron chi connectivity index (χ0n) is 13.7. The number of hydrogen-bond acceptors (Lipinski definition) is 5. The quantitative estimate of drug-likeness (QED) is 0.691. The third-order valence-corrected chi connectivity index (χ3v) is 3.78. The maximum absolute atomic E-state index is 12.7. The van der Waals surface area contributed by atoms with Crippen molar-refractivity contribution in [2.24, 2.45) is 0 Å². The molecule has 1 atom stereocenters. The van der Waals surface area contributed by atoms with Crippen LogP contribution in [-0.2, 0) is 17.9 Å². The van der Waals surface area contributed by atoms with E-state index < -0.39 is 6.04 Å².